The van der Waals surface area contributed by atoms with Gasteiger partial charge < -0.3 is 9.80 Å². The molecule has 0 bridgehead atoms. The van der Waals surface area contributed by atoms with Crippen LogP contribution in [0.5, 0.6) is 0 Å². The van der Waals surface area contributed by atoms with Crippen LogP contribution in [0.1, 0.15) is 0 Å². The molecule has 0 radical (unpaired) electrons. The third-order valence-corrected chi connectivity index (χ3v) is 3.19. The average Bonchev–Trinajstić information content (AvgIpc) is 2.16. The molecule has 1 rings (SSSR count). The largest absolute Gasteiger partial charge is 0.446 e. The molecule has 16 heavy (non-hydrogen) atoms. The summed E-state index contributed by atoms with van der Waals surface area (Å²) >= 11 is 0. The van der Waals surface area contributed by atoms with Crippen molar-refractivity contribution in [1.82, 2.24) is 9.80 Å². The summed E-state index contributed by atoms with van der Waals surface area (Å²) in [5.41, 5.74) is 0. The van der Waals surface area contributed by atoms with Crippen LogP contribution in [0.4, 0.5) is 8.78 Å². The predicted octanol–water partition coefficient (Wildman–Crippen LogP) is -0.759. The average molecular weight is 258 g/mol. The van der Waals surface area contributed by atoms with Crippen LogP contribution >= 0.6 is 0 Å². The Morgan fingerprint density at radius 1 is 1.25 bits per heavy atom. The number of halogens is 2. The first-order valence-corrected chi connectivity index (χ1v) is 5.93. The normalized spacial score (nSPS) is 19.9. The number of amides is 1. The van der Waals surface area contributed by atoms with Crippen LogP contribution in [0, 0.1) is 0 Å². The molecule has 6 nitrogen and oxygen atoms in total. The zero-order valence-electron chi connectivity index (χ0n) is 8.56. The van der Waals surface area contributed by atoms with Gasteiger partial charge in [0, 0.05) is 26.2 Å². The number of carbonyl (C=O) groups is 1. The van der Waals surface area contributed by atoms with Crippen molar-refractivity contribution in [2.24, 2.45) is 0 Å². The van der Waals surface area contributed by atoms with E-state index in [1.165, 1.54) is 0 Å². The summed E-state index contributed by atoms with van der Waals surface area (Å²) in [6.07, 6.45) is 0. The number of carbonyl (C=O) groups excluding carboxylic acids is 1. The van der Waals surface area contributed by atoms with Crippen molar-refractivity contribution in [1.29, 1.82) is 0 Å². The fourth-order valence-electron chi connectivity index (χ4n) is 1.30. The Hall–Kier alpha value is -0.800. The van der Waals surface area contributed by atoms with Crippen LogP contribution < -0.4 is 0 Å². The van der Waals surface area contributed by atoms with Gasteiger partial charge in [-0.3, -0.25) is 9.35 Å². The molecule has 9 heteroatoms. The monoisotopic (exact) mass is 258 g/mol. The molecule has 0 atom stereocenters. The molecule has 0 aromatic heterocycles. The number of piperazine rings is 1. The number of alkyl halides is 2. The Kier molecular flexibility index (Phi) is 3.50. The minimum Gasteiger partial charge on any atom is -0.334 e. The van der Waals surface area contributed by atoms with Crippen LogP contribution in [0.2, 0.25) is 0 Å². The van der Waals surface area contributed by atoms with Crippen LogP contribution in [0.15, 0.2) is 0 Å². The Labute approximate surface area is 91.6 Å². The van der Waals surface area contributed by atoms with E-state index in [1.54, 1.807) is 7.05 Å². The summed E-state index contributed by atoms with van der Waals surface area (Å²) in [5.74, 6) is -1.87. The molecule has 94 valence electrons. The maximum absolute atomic E-state index is 13.0. The Bertz CT molecular complexity index is 376. The predicted molar refractivity (Wildman–Crippen MR) is 50.6 cm³/mol. The lowest BCUT2D eigenvalue weighted by molar-refractivity contribution is -0.149. The Balaban J connectivity index is 2.79. The molecular formula is C7H12F2N2O4S. The standard InChI is InChI=1S/C7H12F2N2O4S/c1-10-2-4-11(5-3-10)6(12)7(8,9)16(13,14)15/h2-5H2,1H3,(H,13,14,15). The number of hydrogen-bond acceptors (Lipinski definition) is 4. The first kappa shape index (κ1) is 13.3. The third-order valence-electron chi connectivity index (χ3n) is 2.36. The zero-order valence-corrected chi connectivity index (χ0v) is 9.38. The Morgan fingerprint density at radius 2 is 1.69 bits per heavy atom. The van der Waals surface area contributed by atoms with E-state index in [4.69, 9.17) is 4.55 Å². The van der Waals surface area contributed by atoms with E-state index in [-0.39, 0.29) is 13.1 Å². The second kappa shape index (κ2) is 4.22. The van der Waals surface area contributed by atoms with E-state index in [9.17, 15) is 22.0 Å². The summed E-state index contributed by atoms with van der Waals surface area (Å²) < 4.78 is 54.9. The minimum atomic E-state index is -5.70. The number of hydrogen-bond donors (Lipinski definition) is 1. The lowest BCUT2D eigenvalue weighted by Gasteiger charge is -2.33. The summed E-state index contributed by atoms with van der Waals surface area (Å²) in [6.45, 7) is 0.793. The highest BCUT2D eigenvalue weighted by molar-refractivity contribution is 7.87. The van der Waals surface area contributed by atoms with Crippen LogP contribution in [0.3, 0.4) is 0 Å². The van der Waals surface area contributed by atoms with Gasteiger partial charge in [-0.25, -0.2) is 0 Å². The molecule has 1 amide bonds. The van der Waals surface area contributed by atoms with Crippen molar-refractivity contribution in [2.45, 2.75) is 5.25 Å². The first-order chi connectivity index (χ1) is 7.16. The maximum Gasteiger partial charge on any atom is 0.446 e. The fraction of sp³-hybridized carbons (Fsp3) is 0.857. The van der Waals surface area contributed by atoms with E-state index in [1.807, 2.05) is 4.90 Å². The molecule has 1 saturated heterocycles. The lowest BCUT2D eigenvalue weighted by atomic mass is 10.3. The van der Waals surface area contributed by atoms with Gasteiger partial charge in [0.1, 0.15) is 0 Å². The van der Waals surface area contributed by atoms with Crippen molar-refractivity contribution < 1.29 is 26.5 Å². The van der Waals surface area contributed by atoms with Gasteiger partial charge in [-0.2, -0.15) is 17.2 Å². The van der Waals surface area contributed by atoms with E-state index in [0.717, 1.165) is 4.90 Å². The molecule has 0 spiro atoms. The third kappa shape index (κ3) is 2.47. The second-order valence-corrected chi connectivity index (χ2v) is 5.05. The highest BCUT2D eigenvalue weighted by atomic mass is 32.2. The molecule has 0 saturated carbocycles. The van der Waals surface area contributed by atoms with E-state index in [0.29, 0.717) is 13.1 Å². The molecule has 0 unspecified atom stereocenters. The SMILES string of the molecule is CN1CCN(C(=O)C(F)(F)S(=O)(=O)O)CC1. The summed E-state index contributed by atoms with van der Waals surface area (Å²) in [4.78, 5) is 13.7. The highest BCUT2D eigenvalue weighted by Crippen LogP contribution is 2.23. The van der Waals surface area contributed by atoms with Gasteiger partial charge >= 0.3 is 21.3 Å². The topological polar surface area (TPSA) is 77.9 Å². The van der Waals surface area contributed by atoms with Crippen molar-refractivity contribution >= 4 is 16.0 Å². The van der Waals surface area contributed by atoms with Crippen molar-refractivity contribution in [3.8, 4) is 0 Å². The van der Waals surface area contributed by atoms with Gasteiger partial charge in [0.15, 0.2) is 0 Å². The fourth-order valence-corrected chi connectivity index (χ4v) is 1.65. The minimum absolute atomic E-state index is 0.0143. The molecule has 0 aliphatic carbocycles. The first-order valence-electron chi connectivity index (χ1n) is 4.49. The highest BCUT2D eigenvalue weighted by Gasteiger charge is 2.54. The number of likely N-dealkylation sites (N-methyl/N-ethyl adjacent to an activating group) is 1. The van der Waals surface area contributed by atoms with Crippen LogP contribution in [-0.4, -0.2) is 67.2 Å². The molecule has 0 aromatic rings. The molecule has 1 fully saturated rings. The number of rotatable bonds is 2. The van der Waals surface area contributed by atoms with Gasteiger partial charge in [-0.1, -0.05) is 0 Å². The van der Waals surface area contributed by atoms with Gasteiger partial charge in [0.25, 0.3) is 0 Å². The lowest BCUT2D eigenvalue weighted by Crippen LogP contribution is -2.54. The van der Waals surface area contributed by atoms with E-state index in [2.05, 4.69) is 0 Å². The van der Waals surface area contributed by atoms with Gasteiger partial charge in [-0.05, 0) is 7.05 Å². The van der Waals surface area contributed by atoms with Gasteiger partial charge in [0.2, 0.25) is 0 Å². The van der Waals surface area contributed by atoms with Crippen molar-refractivity contribution in [3.63, 3.8) is 0 Å². The van der Waals surface area contributed by atoms with E-state index < -0.39 is 21.3 Å². The molecule has 0 aromatic carbocycles. The number of nitrogens with zero attached hydrogens (tertiary/aromatic N) is 2. The molecule has 1 N–H and O–H groups in total. The maximum atomic E-state index is 13.0. The smallest absolute Gasteiger partial charge is 0.334 e. The molecule has 1 heterocycles. The van der Waals surface area contributed by atoms with Crippen LogP contribution in [-0.2, 0) is 14.9 Å². The summed E-state index contributed by atoms with van der Waals surface area (Å²) in [6, 6.07) is 0. The van der Waals surface area contributed by atoms with Gasteiger partial charge in [0.05, 0.1) is 0 Å². The van der Waals surface area contributed by atoms with Crippen LogP contribution in [0.25, 0.3) is 0 Å². The Morgan fingerprint density at radius 3 is 2.06 bits per heavy atom. The quantitative estimate of drug-likeness (QED) is 0.659. The molecule has 1 aliphatic heterocycles. The summed E-state index contributed by atoms with van der Waals surface area (Å²) in [5, 5.41) is -4.76. The molecular weight excluding hydrogens is 246 g/mol. The second-order valence-electron chi connectivity index (χ2n) is 3.59. The van der Waals surface area contributed by atoms with Crippen molar-refractivity contribution in [2.75, 3.05) is 33.2 Å². The summed E-state index contributed by atoms with van der Waals surface area (Å²) in [7, 11) is -3.95. The molecule has 1 aliphatic rings. The van der Waals surface area contributed by atoms with Crippen molar-refractivity contribution in [3.05, 3.63) is 0 Å². The zero-order chi connectivity index (χ0) is 12.6. The van der Waals surface area contributed by atoms with E-state index >= 15 is 0 Å². The van der Waals surface area contributed by atoms with Gasteiger partial charge in [-0.15, -0.1) is 0 Å².